The molecule has 0 aliphatic heterocycles. The Morgan fingerprint density at radius 2 is 2.05 bits per heavy atom. The van der Waals surface area contributed by atoms with E-state index in [1.54, 1.807) is 0 Å². The molecule has 1 aliphatic rings. The van der Waals surface area contributed by atoms with Crippen LogP contribution in [0.15, 0.2) is 12.4 Å². The van der Waals surface area contributed by atoms with Gasteiger partial charge in [-0.1, -0.05) is 26.7 Å². The molecule has 3 nitrogen and oxygen atoms in total. The first-order chi connectivity index (χ1) is 9.55. The van der Waals surface area contributed by atoms with Crippen molar-refractivity contribution in [2.24, 2.45) is 18.4 Å². The van der Waals surface area contributed by atoms with Crippen LogP contribution >= 0.6 is 0 Å². The summed E-state index contributed by atoms with van der Waals surface area (Å²) in [4.78, 5) is 0. The number of hydrogen-bond acceptors (Lipinski definition) is 2. The molecule has 1 fully saturated rings. The highest BCUT2D eigenvalue weighted by Gasteiger charge is 2.40. The lowest BCUT2D eigenvalue weighted by molar-refractivity contribution is 0.154. The number of aromatic nitrogens is 2. The summed E-state index contributed by atoms with van der Waals surface area (Å²) in [6, 6.07) is 0.646. The Hall–Kier alpha value is -0.830. The van der Waals surface area contributed by atoms with Crippen molar-refractivity contribution in [1.82, 2.24) is 15.1 Å². The summed E-state index contributed by atoms with van der Waals surface area (Å²) in [5, 5.41) is 7.92. The van der Waals surface area contributed by atoms with Gasteiger partial charge in [0, 0.05) is 19.3 Å². The molecule has 0 aromatic carbocycles. The Bertz CT molecular complexity index is 402. The predicted octanol–water partition coefficient (Wildman–Crippen LogP) is 3.55. The summed E-state index contributed by atoms with van der Waals surface area (Å²) in [5.74, 6) is 0.794. The second-order valence-electron chi connectivity index (χ2n) is 7.07. The first-order valence-electron chi connectivity index (χ1n) is 8.20. The molecule has 1 N–H and O–H groups in total. The van der Waals surface area contributed by atoms with Crippen LogP contribution in [0.3, 0.4) is 0 Å². The lowest BCUT2D eigenvalue weighted by Gasteiger charge is -2.39. The van der Waals surface area contributed by atoms with Crippen molar-refractivity contribution in [2.75, 3.05) is 7.05 Å². The maximum atomic E-state index is 4.28. The zero-order valence-electron chi connectivity index (χ0n) is 13.7. The quantitative estimate of drug-likeness (QED) is 0.826. The summed E-state index contributed by atoms with van der Waals surface area (Å²) >= 11 is 0. The zero-order valence-corrected chi connectivity index (χ0v) is 13.7. The van der Waals surface area contributed by atoms with Gasteiger partial charge in [0.25, 0.3) is 0 Å². The predicted molar refractivity (Wildman–Crippen MR) is 84.7 cm³/mol. The van der Waals surface area contributed by atoms with Crippen LogP contribution < -0.4 is 5.32 Å². The van der Waals surface area contributed by atoms with Gasteiger partial charge >= 0.3 is 0 Å². The van der Waals surface area contributed by atoms with Crippen molar-refractivity contribution in [1.29, 1.82) is 0 Å². The Morgan fingerprint density at radius 1 is 1.35 bits per heavy atom. The van der Waals surface area contributed by atoms with E-state index in [0.717, 1.165) is 12.3 Å². The summed E-state index contributed by atoms with van der Waals surface area (Å²) in [5.41, 5.74) is 1.90. The monoisotopic (exact) mass is 277 g/mol. The van der Waals surface area contributed by atoms with E-state index in [4.69, 9.17) is 0 Å². The third-order valence-corrected chi connectivity index (χ3v) is 4.98. The summed E-state index contributed by atoms with van der Waals surface area (Å²) in [7, 11) is 4.14. The van der Waals surface area contributed by atoms with Crippen LogP contribution in [0.4, 0.5) is 0 Å². The van der Waals surface area contributed by atoms with Gasteiger partial charge in [0.1, 0.15) is 0 Å². The standard InChI is InChI=1S/C17H31N3/c1-14(2)11-17(9-5-6-10-17)16(18-3)8-7-15-12-19-20(4)13-15/h12-14,16,18H,5-11H2,1-4H3. The average molecular weight is 277 g/mol. The van der Waals surface area contributed by atoms with E-state index in [1.165, 1.54) is 44.1 Å². The van der Waals surface area contributed by atoms with E-state index in [0.29, 0.717) is 11.5 Å². The molecule has 1 atom stereocenters. The Morgan fingerprint density at radius 3 is 2.55 bits per heavy atom. The van der Waals surface area contributed by atoms with E-state index in [-0.39, 0.29) is 0 Å². The van der Waals surface area contributed by atoms with Gasteiger partial charge in [-0.3, -0.25) is 4.68 Å². The maximum Gasteiger partial charge on any atom is 0.0521 e. The van der Waals surface area contributed by atoms with Crippen molar-refractivity contribution >= 4 is 0 Å². The van der Waals surface area contributed by atoms with E-state index < -0.39 is 0 Å². The minimum atomic E-state index is 0.533. The largest absolute Gasteiger partial charge is 0.316 e. The smallest absolute Gasteiger partial charge is 0.0521 e. The summed E-state index contributed by atoms with van der Waals surface area (Å²) in [6.07, 6.45) is 13.5. The molecule has 1 aromatic heterocycles. The second-order valence-corrected chi connectivity index (χ2v) is 7.07. The first kappa shape index (κ1) is 15.6. The molecule has 1 saturated carbocycles. The van der Waals surface area contributed by atoms with Crippen LogP contribution in [0.1, 0.15) is 57.9 Å². The first-order valence-corrected chi connectivity index (χ1v) is 8.20. The minimum Gasteiger partial charge on any atom is -0.316 e. The zero-order chi connectivity index (χ0) is 14.6. The van der Waals surface area contributed by atoms with E-state index >= 15 is 0 Å². The van der Waals surface area contributed by atoms with Gasteiger partial charge in [-0.05, 0) is 56.0 Å². The third-order valence-electron chi connectivity index (χ3n) is 4.98. The number of nitrogens with zero attached hydrogens (tertiary/aromatic N) is 2. The van der Waals surface area contributed by atoms with Gasteiger partial charge in [-0.15, -0.1) is 0 Å². The maximum absolute atomic E-state index is 4.28. The molecule has 20 heavy (non-hydrogen) atoms. The van der Waals surface area contributed by atoms with E-state index in [1.807, 2.05) is 17.9 Å². The van der Waals surface area contributed by atoms with E-state index in [9.17, 15) is 0 Å². The molecular formula is C17H31N3. The van der Waals surface area contributed by atoms with Crippen molar-refractivity contribution in [3.05, 3.63) is 18.0 Å². The molecule has 0 radical (unpaired) electrons. The van der Waals surface area contributed by atoms with Crippen molar-refractivity contribution in [3.63, 3.8) is 0 Å². The number of aryl methyl sites for hydroxylation is 2. The minimum absolute atomic E-state index is 0.533. The highest BCUT2D eigenvalue weighted by atomic mass is 15.2. The van der Waals surface area contributed by atoms with Crippen LogP contribution in [-0.4, -0.2) is 22.9 Å². The molecule has 1 aliphatic carbocycles. The van der Waals surface area contributed by atoms with Gasteiger partial charge in [0.15, 0.2) is 0 Å². The molecule has 2 rings (SSSR count). The molecule has 0 bridgehead atoms. The number of rotatable bonds is 7. The third kappa shape index (κ3) is 3.63. The van der Waals surface area contributed by atoms with E-state index in [2.05, 4.69) is 37.5 Å². The summed E-state index contributed by atoms with van der Waals surface area (Å²) < 4.78 is 1.91. The lowest BCUT2D eigenvalue weighted by Crippen LogP contribution is -2.43. The Labute approximate surface area is 124 Å². The molecule has 1 heterocycles. The van der Waals surface area contributed by atoms with Crippen LogP contribution in [0.25, 0.3) is 0 Å². The van der Waals surface area contributed by atoms with Crippen LogP contribution in [0.5, 0.6) is 0 Å². The van der Waals surface area contributed by atoms with Crippen LogP contribution in [0, 0.1) is 11.3 Å². The molecule has 0 amide bonds. The fourth-order valence-electron chi connectivity index (χ4n) is 4.26. The molecular weight excluding hydrogens is 246 g/mol. The fraction of sp³-hybridized carbons (Fsp3) is 0.824. The molecule has 0 spiro atoms. The lowest BCUT2D eigenvalue weighted by atomic mass is 9.71. The Kier molecular flexibility index (Phi) is 5.25. The number of nitrogens with one attached hydrogen (secondary N) is 1. The van der Waals surface area contributed by atoms with Gasteiger partial charge < -0.3 is 5.32 Å². The van der Waals surface area contributed by atoms with Crippen LogP contribution in [-0.2, 0) is 13.5 Å². The highest BCUT2D eigenvalue weighted by Crippen LogP contribution is 2.46. The molecule has 1 unspecified atom stereocenters. The Balaban J connectivity index is 2.01. The molecule has 114 valence electrons. The second kappa shape index (κ2) is 6.75. The topological polar surface area (TPSA) is 29.9 Å². The molecule has 0 saturated heterocycles. The highest BCUT2D eigenvalue weighted by molar-refractivity contribution is 5.05. The SMILES string of the molecule is CNC(CCc1cnn(C)c1)C1(CC(C)C)CCCC1. The van der Waals surface area contributed by atoms with Crippen LogP contribution in [0.2, 0.25) is 0 Å². The average Bonchev–Trinajstić information content (AvgIpc) is 3.00. The van der Waals surface area contributed by atoms with Crippen molar-refractivity contribution in [3.8, 4) is 0 Å². The van der Waals surface area contributed by atoms with Gasteiger partial charge in [0.2, 0.25) is 0 Å². The van der Waals surface area contributed by atoms with Gasteiger partial charge in [-0.25, -0.2) is 0 Å². The molecule has 3 heteroatoms. The molecule has 1 aromatic rings. The van der Waals surface area contributed by atoms with Gasteiger partial charge in [-0.2, -0.15) is 5.10 Å². The summed E-state index contributed by atoms with van der Waals surface area (Å²) in [6.45, 7) is 4.74. The number of hydrogen-bond donors (Lipinski definition) is 1. The van der Waals surface area contributed by atoms with Gasteiger partial charge in [0.05, 0.1) is 6.20 Å². The normalized spacial score (nSPS) is 19.6. The fourth-order valence-corrected chi connectivity index (χ4v) is 4.26. The van der Waals surface area contributed by atoms with Crippen molar-refractivity contribution in [2.45, 2.75) is 64.8 Å². The van der Waals surface area contributed by atoms with Crippen molar-refractivity contribution < 1.29 is 0 Å².